The molecule has 0 aliphatic carbocycles. The third-order valence-electron chi connectivity index (χ3n) is 3.16. The lowest BCUT2D eigenvalue weighted by atomic mass is 9.91. The molecule has 0 unspecified atom stereocenters. The number of aromatic nitrogens is 2. The first-order valence-corrected chi connectivity index (χ1v) is 6.82. The molecule has 2 heterocycles. The van der Waals surface area contributed by atoms with Crippen LogP contribution in [0.1, 0.15) is 25.3 Å². The molecule has 0 radical (unpaired) electrons. The van der Waals surface area contributed by atoms with E-state index in [1.165, 1.54) is 0 Å². The first-order chi connectivity index (χ1) is 10.4. The summed E-state index contributed by atoms with van der Waals surface area (Å²) in [4.78, 5) is 28.6. The van der Waals surface area contributed by atoms with Crippen LogP contribution in [0, 0.1) is 12.3 Å². The highest BCUT2D eigenvalue weighted by atomic mass is 16.5. The second kappa shape index (κ2) is 6.38. The molecule has 22 heavy (non-hydrogen) atoms. The van der Waals surface area contributed by atoms with Crippen molar-refractivity contribution in [2.75, 3.05) is 5.32 Å². The van der Waals surface area contributed by atoms with Gasteiger partial charge >= 0.3 is 0 Å². The molecule has 7 nitrogen and oxygen atoms in total. The Hall–Kier alpha value is -2.70. The van der Waals surface area contributed by atoms with Crippen LogP contribution in [-0.2, 0) is 16.1 Å². The zero-order chi connectivity index (χ0) is 16.2. The van der Waals surface area contributed by atoms with Crippen LogP contribution in [-0.4, -0.2) is 22.0 Å². The monoisotopic (exact) mass is 302 g/mol. The van der Waals surface area contributed by atoms with Gasteiger partial charge in [0.15, 0.2) is 5.82 Å². The van der Waals surface area contributed by atoms with Crippen molar-refractivity contribution in [3.05, 3.63) is 41.9 Å². The molecule has 0 aromatic carbocycles. The minimum Gasteiger partial charge on any atom is -0.360 e. The van der Waals surface area contributed by atoms with Gasteiger partial charge in [-0.1, -0.05) is 11.2 Å². The highest BCUT2D eigenvalue weighted by Gasteiger charge is 2.36. The lowest BCUT2D eigenvalue weighted by molar-refractivity contribution is -0.138. The van der Waals surface area contributed by atoms with Gasteiger partial charge in [0.25, 0.3) is 0 Å². The van der Waals surface area contributed by atoms with Crippen molar-refractivity contribution in [1.29, 1.82) is 0 Å². The average Bonchev–Trinajstić information content (AvgIpc) is 2.90. The molecule has 2 amide bonds. The molecule has 0 atom stereocenters. The van der Waals surface area contributed by atoms with Crippen LogP contribution in [0.3, 0.4) is 0 Å². The quantitative estimate of drug-likeness (QED) is 0.819. The topological polar surface area (TPSA) is 97.1 Å². The zero-order valence-electron chi connectivity index (χ0n) is 12.7. The maximum absolute atomic E-state index is 12.2. The molecular weight excluding hydrogens is 284 g/mol. The Morgan fingerprint density at radius 3 is 2.64 bits per heavy atom. The molecule has 0 saturated carbocycles. The molecule has 0 aliphatic heterocycles. The molecule has 2 aromatic heterocycles. The standard InChI is InChI=1S/C15H18N4O3/c1-10-8-12(19-22-10)18-14(21)15(2,3)13(20)17-9-11-6-4-5-7-16-11/h4-8H,9H2,1-3H3,(H,17,20)(H,18,19,21). The van der Waals surface area contributed by atoms with E-state index in [4.69, 9.17) is 4.52 Å². The third kappa shape index (κ3) is 3.69. The maximum Gasteiger partial charge on any atom is 0.240 e. The number of carbonyl (C=O) groups excluding carboxylic acids is 2. The van der Waals surface area contributed by atoms with Crippen molar-refractivity contribution in [3.8, 4) is 0 Å². The van der Waals surface area contributed by atoms with E-state index in [0.29, 0.717) is 5.76 Å². The lowest BCUT2D eigenvalue weighted by Crippen LogP contribution is -2.45. The Morgan fingerprint density at radius 2 is 2.05 bits per heavy atom. The van der Waals surface area contributed by atoms with E-state index in [2.05, 4.69) is 20.8 Å². The molecule has 116 valence electrons. The second-order valence-corrected chi connectivity index (χ2v) is 5.41. The van der Waals surface area contributed by atoms with Crippen molar-refractivity contribution >= 4 is 17.6 Å². The summed E-state index contributed by atoms with van der Waals surface area (Å²) in [7, 11) is 0. The molecule has 2 rings (SSSR count). The Morgan fingerprint density at radius 1 is 1.27 bits per heavy atom. The number of rotatable bonds is 5. The molecular formula is C15H18N4O3. The van der Waals surface area contributed by atoms with Gasteiger partial charge in [0, 0.05) is 12.3 Å². The third-order valence-corrected chi connectivity index (χ3v) is 3.16. The van der Waals surface area contributed by atoms with Crippen molar-refractivity contribution in [2.45, 2.75) is 27.3 Å². The van der Waals surface area contributed by atoms with Crippen LogP contribution in [0.5, 0.6) is 0 Å². The number of pyridine rings is 1. The Labute approximate surface area is 128 Å². The summed E-state index contributed by atoms with van der Waals surface area (Å²) in [6.45, 7) is 5.07. The van der Waals surface area contributed by atoms with E-state index in [1.54, 1.807) is 45.2 Å². The summed E-state index contributed by atoms with van der Waals surface area (Å²) in [5.41, 5.74) is -0.527. The van der Waals surface area contributed by atoms with Gasteiger partial charge in [-0.2, -0.15) is 0 Å². The fourth-order valence-corrected chi connectivity index (χ4v) is 1.70. The van der Waals surface area contributed by atoms with Gasteiger partial charge in [0.05, 0.1) is 12.2 Å². The van der Waals surface area contributed by atoms with E-state index >= 15 is 0 Å². The summed E-state index contributed by atoms with van der Waals surface area (Å²) in [6, 6.07) is 7.01. The minimum atomic E-state index is -1.25. The SMILES string of the molecule is Cc1cc(NC(=O)C(C)(C)C(=O)NCc2ccccn2)no1. The van der Waals surface area contributed by atoms with Gasteiger partial charge in [0.1, 0.15) is 11.2 Å². The largest absolute Gasteiger partial charge is 0.360 e. The van der Waals surface area contributed by atoms with Crippen LogP contribution in [0.4, 0.5) is 5.82 Å². The Bertz CT molecular complexity index is 664. The molecule has 0 aliphatic rings. The first kappa shape index (κ1) is 15.7. The van der Waals surface area contributed by atoms with Gasteiger partial charge in [-0.3, -0.25) is 14.6 Å². The number of nitrogens with zero attached hydrogens (tertiary/aromatic N) is 2. The van der Waals surface area contributed by atoms with Gasteiger partial charge in [-0.15, -0.1) is 0 Å². The summed E-state index contributed by atoms with van der Waals surface area (Å²) < 4.78 is 4.87. The van der Waals surface area contributed by atoms with Crippen molar-refractivity contribution in [1.82, 2.24) is 15.5 Å². The molecule has 7 heteroatoms. The number of amides is 2. The molecule has 0 fully saturated rings. The van der Waals surface area contributed by atoms with E-state index in [1.807, 2.05) is 6.07 Å². The van der Waals surface area contributed by atoms with E-state index in [0.717, 1.165) is 5.69 Å². The number of hydrogen-bond acceptors (Lipinski definition) is 5. The van der Waals surface area contributed by atoms with Gasteiger partial charge in [0.2, 0.25) is 11.8 Å². The molecule has 0 spiro atoms. The Kier molecular flexibility index (Phi) is 4.55. The average molecular weight is 302 g/mol. The number of aryl methyl sites for hydroxylation is 1. The van der Waals surface area contributed by atoms with Crippen LogP contribution in [0.15, 0.2) is 35.0 Å². The van der Waals surface area contributed by atoms with Crippen LogP contribution in [0.25, 0.3) is 0 Å². The number of hydrogen-bond donors (Lipinski definition) is 2. The minimum absolute atomic E-state index is 0.263. The summed E-state index contributed by atoms with van der Waals surface area (Å²) in [6.07, 6.45) is 1.65. The lowest BCUT2D eigenvalue weighted by Gasteiger charge is -2.21. The fourth-order valence-electron chi connectivity index (χ4n) is 1.70. The van der Waals surface area contributed by atoms with E-state index in [-0.39, 0.29) is 12.4 Å². The van der Waals surface area contributed by atoms with Gasteiger partial charge in [-0.05, 0) is 32.9 Å². The summed E-state index contributed by atoms with van der Waals surface area (Å²) >= 11 is 0. The summed E-state index contributed by atoms with van der Waals surface area (Å²) in [5, 5.41) is 8.94. The molecule has 2 N–H and O–H groups in total. The van der Waals surface area contributed by atoms with Crippen LogP contribution < -0.4 is 10.6 Å². The molecule has 0 bridgehead atoms. The van der Waals surface area contributed by atoms with Crippen LogP contribution >= 0.6 is 0 Å². The van der Waals surface area contributed by atoms with Crippen molar-refractivity contribution < 1.29 is 14.1 Å². The summed E-state index contributed by atoms with van der Waals surface area (Å²) in [5.74, 6) is 0.0102. The number of carbonyl (C=O) groups is 2. The normalized spacial score (nSPS) is 11.0. The zero-order valence-corrected chi connectivity index (χ0v) is 12.7. The molecule has 0 saturated heterocycles. The van der Waals surface area contributed by atoms with Crippen molar-refractivity contribution in [2.24, 2.45) is 5.41 Å². The second-order valence-electron chi connectivity index (χ2n) is 5.41. The Balaban J connectivity index is 1.95. The smallest absolute Gasteiger partial charge is 0.240 e. The highest BCUT2D eigenvalue weighted by Crippen LogP contribution is 2.19. The highest BCUT2D eigenvalue weighted by molar-refractivity contribution is 6.09. The maximum atomic E-state index is 12.2. The predicted octanol–water partition coefficient (Wildman–Crippen LogP) is 1.66. The van der Waals surface area contributed by atoms with Crippen molar-refractivity contribution in [3.63, 3.8) is 0 Å². The predicted molar refractivity (Wildman–Crippen MR) is 79.7 cm³/mol. The van der Waals surface area contributed by atoms with Gasteiger partial charge < -0.3 is 15.2 Å². The van der Waals surface area contributed by atoms with Gasteiger partial charge in [-0.25, -0.2) is 0 Å². The van der Waals surface area contributed by atoms with E-state index < -0.39 is 17.2 Å². The number of nitrogens with one attached hydrogen (secondary N) is 2. The fraction of sp³-hybridized carbons (Fsp3) is 0.333. The number of anilines is 1. The first-order valence-electron chi connectivity index (χ1n) is 6.82. The van der Waals surface area contributed by atoms with E-state index in [9.17, 15) is 9.59 Å². The molecule has 2 aromatic rings. The van der Waals surface area contributed by atoms with Crippen LogP contribution in [0.2, 0.25) is 0 Å².